The summed E-state index contributed by atoms with van der Waals surface area (Å²) in [7, 11) is 0. The minimum absolute atomic E-state index is 0.0982. The van der Waals surface area contributed by atoms with Crippen LogP contribution < -0.4 is 20.7 Å². The van der Waals surface area contributed by atoms with Gasteiger partial charge in [0.15, 0.2) is 6.10 Å². The Morgan fingerprint density at radius 3 is 2.34 bits per heavy atom. The van der Waals surface area contributed by atoms with Gasteiger partial charge in [0.1, 0.15) is 11.5 Å². The van der Waals surface area contributed by atoms with E-state index in [1.807, 2.05) is 38.1 Å². The standard InChI is InChI=1S/C24H24ClN3O4/c1-14-9-10-22(15(2)11-14)32-16(3)23(30)27-19-13-21(29)20(12-18(19)25)28-24(31)26-17-7-5-4-6-8-17/h4-13,16,29H,1-3H3,(H,27,30)(H2,26,28,31). The predicted molar refractivity (Wildman–Crippen MR) is 127 cm³/mol. The minimum Gasteiger partial charge on any atom is -0.506 e. The molecule has 32 heavy (non-hydrogen) atoms. The Labute approximate surface area is 191 Å². The number of amides is 3. The van der Waals surface area contributed by atoms with Gasteiger partial charge in [0.25, 0.3) is 5.91 Å². The van der Waals surface area contributed by atoms with Crippen molar-refractivity contribution in [2.45, 2.75) is 26.9 Å². The van der Waals surface area contributed by atoms with Gasteiger partial charge in [-0.25, -0.2) is 4.79 Å². The van der Waals surface area contributed by atoms with Crippen molar-refractivity contribution in [1.29, 1.82) is 0 Å². The summed E-state index contributed by atoms with van der Waals surface area (Å²) >= 11 is 6.26. The van der Waals surface area contributed by atoms with E-state index in [4.69, 9.17) is 16.3 Å². The topological polar surface area (TPSA) is 99.7 Å². The average Bonchev–Trinajstić information content (AvgIpc) is 2.74. The van der Waals surface area contributed by atoms with E-state index < -0.39 is 18.0 Å². The Kier molecular flexibility index (Phi) is 7.22. The van der Waals surface area contributed by atoms with Crippen LogP contribution in [0.5, 0.6) is 11.5 Å². The molecule has 0 radical (unpaired) electrons. The first-order valence-electron chi connectivity index (χ1n) is 9.93. The van der Waals surface area contributed by atoms with Crippen molar-refractivity contribution >= 4 is 40.6 Å². The third kappa shape index (κ3) is 5.92. The molecule has 3 aromatic carbocycles. The number of carbonyl (C=O) groups excluding carboxylic acids is 2. The summed E-state index contributed by atoms with van der Waals surface area (Å²) in [5.41, 5.74) is 2.91. The molecule has 1 unspecified atom stereocenters. The molecule has 0 heterocycles. The molecule has 0 aliphatic carbocycles. The number of rotatable bonds is 6. The molecule has 4 N–H and O–H groups in total. The zero-order chi connectivity index (χ0) is 23.3. The molecule has 0 saturated heterocycles. The van der Waals surface area contributed by atoms with Crippen molar-refractivity contribution in [2.75, 3.05) is 16.0 Å². The smallest absolute Gasteiger partial charge is 0.323 e. The van der Waals surface area contributed by atoms with Gasteiger partial charge >= 0.3 is 6.03 Å². The molecule has 3 amide bonds. The fourth-order valence-electron chi connectivity index (χ4n) is 2.97. The van der Waals surface area contributed by atoms with Gasteiger partial charge in [-0.2, -0.15) is 0 Å². The maximum absolute atomic E-state index is 12.6. The fourth-order valence-corrected chi connectivity index (χ4v) is 3.18. The second-order valence-corrected chi connectivity index (χ2v) is 7.72. The van der Waals surface area contributed by atoms with E-state index in [1.165, 1.54) is 12.1 Å². The number of phenolic OH excluding ortho intramolecular Hbond substituents is 1. The number of nitrogens with one attached hydrogen (secondary N) is 3. The number of halogens is 1. The van der Waals surface area contributed by atoms with Gasteiger partial charge in [0.05, 0.1) is 16.4 Å². The van der Waals surface area contributed by atoms with Crippen LogP contribution in [0.1, 0.15) is 18.1 Å². The van der Waals surface area contributed by atoms with E-state index in [1.54, 1.807) is 31.2 Å². The van der Waals surface area contributed by atoms with Crippen LogP contribution in [0.25, 0.3) is 0 Å². The van der Waals surface area contributed by atoms with E-state index in [9.17, 15) is 14.7 Å². The van der Waals surface area contributed by atoms with Gasteiger partial charge in [-0.05, 0) is 50.6 Å². The number of hydrogen-bond acceptors (Lipinski definition) is 4. The lowest BCUT2D eigenvalue weighted by molar-refractivity contribution is -0.122. The molecule has 0 aliphatic heterocycles. The van der Waals surface area contributed by atoms with Crippen LogP contribution in [0.2, 0.25) is 5.02 Å². The second kappa shape index (κ2) is 10.1. The Hall–Kier alpha value is -3.71. The maximum Gasteiger partial charge on any atom is 0.323 e. The minimum atomic E-state index is -0.802. The monoisotopic (exact) mass is 453 g/mol. The number of para-hydroxylation sites is 1. The molecule has 3 aromatic rings. The van der Waals surface area contributed by atoms with Crippen LogP contribution in [0.4, 0.5) is 21.9 Å². The molecule has 0 bridgehead atoms. The number of carbonyl (C=O) groups is 2. The molecular weight excluding hydrogens is 430 g/mol. The van der Waals surface area contributed by atoms with Crippen molar-refractivity contribution in [2.24, 2.45) is 0 Å². The second-order valence-electron chi connectivity index (χ2n) is 7.31. The summed E-state index contributed by atoms with van der Waals surface area (Å²) < 4.78 is 5.75. The van der Waals surface area contributed by atoms with Gasteiger partial charge in [-0.15, -0.1) is 0 Å². The molecular formula is C24H24ClN3O4. The van der Waals surface area contributed by atoms with Crippen molar-refractivity contribution in [3.63, 3.8) is 0 Å². The van der Waals surface area contributed by atoms with Crippen LogP contribution in [0.15, 0.2) is 60.7 Å². The molecule has 0 aliphatic rings. The summed E-state index contributed by atoms with van der Waals surface area (Å²) in [5, 5.41) is 18.2. The van der Waals surface area contributed by atoms with Gasteiger partial charge in [-0.3, -0.25) is 4.79 Å². The Bertz CT molecular complexity index is 1140. The van der Waals surface area contributed by atoms with E-state index in [0.717, 1.165) is 11.1 Å². The van der Waals surface area contributed by atoms with E-state index >= 15 is 0 Å². The van der Waals surface area contributed by atoms with E-state index in [2.05, 4.69) is 16.0 Å². The lowest BCUT2D eigenvalue weighted by Crippen LogP contribution is -2.30. The average molecular weight is 454 g/mol. The third-order valence-electron chi connectivity index (χ3n) is 4.63. The van der Waals surface area contributed by atoms with Crippen molar-refractivity contribution in [3.05, 3.63) is 76.8 Å². The lowest BCUT2D eigenvalue weighted by atomic mass is 10.1. The number of phenols is 1. The zero-order valence-corrected chi connectivity index (χ0v) is 18.7. The Balaban J connectivity index is 1.65. The van der Waals surface area contributed by atoms with Crippen molar-refractivity contribution < 1.29 is 19.4 Å². The molecule has 8 heteroatoms. The molecule has 166 valence electrons. The summed E-state index contributed by atoms with van der Waals surface area (Å²) in [4.78, 5) is 24.7. The quantitative estimate of drug-likeness (QED) is 0.359. The van der Waals surface area contributed by atoms with Crippen LogP contribution in [-0.2, 0) is 4.79 Å². The van der Waals surface area contributed by atoms with Crippen molar-refractivity contribution in [1.82, 2.24) is 0 Å². The molecule has 0 fully saturated rings. The van der Waals surface area contributed by atoms with Crippen LogP contribution in [0.3, 0.4) is 0 Å². The summed E-state index contributed by atoms with van der Waals surface area (Å²) in [6, 6.07) is 16.6. The van der Waals surface area contributed by atoms with Gasteiger partial charge in [0, 0.05) is 11.8 Å². The Morgan fingerprint density at radius 2 is 1.66 bits per heavy atom. The molecule has 7 nitrogen and oxygen atoms in total. The van der Waals surface area contributed by atoms with E-state index in [0.29, 0.717) is 11.4 Å². The largest absolute Gasteiger partial charge is 0.506 e. The molecule has 0 saturated carbocycles. The summed E-state index contributed by atoms with van der Waals surface area (Å²) in [6.07, 6.45) is -0.802. The fraction of sp³-hybridized carbons (Fsp3) is 0.167. The molecule has 3 rings (SSSR count). The zero-order valence-electron chi connectivity index (χ0n) is 17.9. The Morgan fingerprint density at radius 1 is 0.938 bits per heavy atom. The number of aryl methyl sites for hydroxylation is 2. The van der Waals surface area contributed by atoms with Gasteiger partial charge in [0.2, 0.25) is 0 Å². The van der Waals surface area contributed by atoms with E-state index in [-0.39, 0.29) is 22.1 Å². The normalized spacial score (nSPS) is 11.4. The number of benzene rings is 3. The first-order chi connectivity index (χ1) is 15.2. The highest BCUT2D eigenvalue weighted by atomic mass is 35.5. The molecule has 1 atom stereocenters. The molecule has 0 aromatic heterocycles. The van der Waals surface area contributed by atoms with Gasteiger partial charge < -0.3 is 25.8 Å². The maximum atomic E-state index is 12.6. The van der Waals surface area contributed by atoms with Crippen LogP contribution in [-0.4, -0.2) is 23.1 Å². The molecule has 0 spiro atoms. The predicted octanol–water partition coefficient (Wildman–Crippen LogP) is 5.71. The lowest BCUT2D eigenvalue weighted by Gasteiger charge is -2.18. The third-order valence-corrected chi connectivity index (χ3v) is 4.94. The van der Waals surface area contributed by atoms with Gasteiger partial charge in [-0.1, -0.05) is 47.5 Å². The number of hydrogen-bond donors (Lipinski definition) is 4. The SMILES string of the molecule is Cc1ccc(OC(C)C(=O)Nc2cc(O)c(NC(=O)Nc3ccccc3)cc2Cl)c(C)c1. The number of anilines is 3. The number of aromatic hydroxyl groups is 1. The summed E-state index contributed by atoms with van der Waals surface area (Å²) in [6.45, 7) is 5.50. The highest BCUT2D eigenvalue weighted by Crippen LogP contribution is 2.34. The van der Waals surface area contributed by atoms with Crippen molar-refractivity contribution in [3.8, 4) is 11.5 Å². The number of ether oxygens (including phenoxy) is 1. The summed E-state index contributed by atoms with van der Waals surface area (Å²) in [5.74, 6) is -0.0826. The first-order valence-corrected chi connectivity index (χ1v) is 10.3. The van der Waals surface area contributed by atoms with Crippen LogP contribution in [0, 0.1) is 13.8 Å². The highest BCUT2D eigenvalue weighted by Gasteiger charge is 2.19. The number of urea groups is 1. The van der Waals surface area contributed by atoms with Crippen LogP contribution >= 0.6 is 11.6 Å². The first kappa shape index (κ1) is 23.0. The highest BCUT2D eigenvalue weighted by molar-refractivity contribution is 6.34.